The van der Waals surface area contributed by atoms with E-state index < -0.39 is 5.41 Å². The quantitative estimate of drug-likeness (QED) is 0.742. The van der Waals surface area contributed by atoms with Crippen molar-refractivity contribution in [3.8, 4) is 0 Å². The summed E-state index contributed by atoms with van der Waals surface area (Å²) in [6.45, 7) is 0. The van der Waals surface area contributed by atoms with Crippen LogP contribution in [0.2, 0.25) is 0 Å². The fourth-order valence-corrected chi connectivity index (χ4v) is 1.34. The third-order valence-electron chi connectivity index (χ3n) is 2.39. The van der Waals surface area contributed by atoms with Crippen molar-refractivity contribution in [1.82, 2.24) is 4.98 Å². The third kappa shape index (κ3) is 1.54. The minimum Gasteiger partial charge on any atom is -0.369 e. The number of primary amides is 1. The summed E-state index contributed by atoms with van der Waals surface area (Å²) >= 11 is 0. The van der Waals surface area contributed by atoms with Gasteiger partial charge in [-0.25, -0.2) is 0 Å². The van der Waals surface area contributed by atoms with Crippen LogP contribution < -0.4 is 5.73 Å². The Hall–Kier alpha value is -1.38. The second kappa shape index (κ2) is 2.83. The summed E-state index contributed by atoms with van der Waals surface area (Å²) in [7, 11) is 0. The maximum absolute atomic E-state index is 11.1. The number of carbonyl (C=O) groups is 1. The van der Waals surface area contributed by atoms with Gasteiger partial charge >= 0.3 is 0 Å². The second-order valence-corrected chi connectivity index (χ2v) is 3.42. The van der Waals surface area contributed by atoms with E-state index in [2.05, 4.69) is 4.98 Å². The average molecular weight is 175 g/mol. The van der Waals surface area contributed by atoms with E-state index in [1.807, 2.05) is 24.6 Å². The van der Waals surface area contributed by atoms with E-state index in [9.17, 15) is 4.79 Å². The molecule has 67 valence electrons. The highest BCUT2D eigenvalue weighted by molar-refractivity contribution is 5.85. The van der Waals surface area contributed by atoms with Crippen LogP contribution in [0.25, 0.3) is 0 Å². The fourth-order valence-electron chi connectivity index (χ4n) is 1.34. The highest BCUT2D eigenvalue weighted by Crippen LogP contribution is 2.49. The van der Waals surface area contributed by atoms with Crippen LogP contribution in [-0.2, 0) is 4.79 Å². The zero-order valence-electron chi connectivity index (χ0n) is 7.23. The van der Waals surface area contributed by atoms with E-state index >= 15 is 0 Å². The predicted octanol–water partition coefficient (Wildman–Crippen LogP) is 0.899. The second-order valence-electron chi connectivity index (χ2n) is 3.42. The van der Waals surface area contributed by atoms with E-state index in [0.717, 1.165) is 18.5 Å². The van der Waals surface area contributed by atoms with Gasteiger partial charge in [-0.1, -0.05) is 6.07 Å². The third-order valence-corrected chi connectivity index (χ3v) is 2.39. The number of hydrogen-bond acceptors (Lipinski definition) is 2. The highest BCUT2D eigenvalue weighted by Gasteiger charge is 2.48. The molecule has 1 radical (unpaired) electrons. The molecule has 1 fully saturated rings. The molecule has 3 heteroatoms. The monoisotopic (exact) mass is 175 g/mol. The Labute approximate surface area is 77.0 Å². The summed E-state index contributed by atoms with van der Waals surface area (Å²) in [5.74, 6) is -0.238. The molecular formula is C10H11N2O. The summed E-state index contributed by atoms with van der Waals surface area (Å²) in [6, 6.07) is 5.63. The molecule has 0 spiro atoms. The van der Waals surface area contributed by atoms with E-state index in [4.69, 9.17) is 5.73 Å². The van der Waals surface area contributed by atoms with Crippen molar-refractivity contribution in [2.75, 3.05) is 0 Å². The van der Waals surface area contributed by atoms with Crippen LogP contribution in [0.3, 0.4) is 0 Å². The zero-order chi connectivity index (χ0) is 9.31. The van der Waals surface area contributed by atoms with Gasteiger partial charge < -0.3 is 5.73 Å². The average Bonchev–Trinajstić information content (AvgIpc) is 2.87. The topological polar surface area (TPSA) is 56.0 Å². The number of aromatic nitrogens is 1. The number of amides is 1. The van der Waals surface area contributed by atoms with Crippen molar-refractivity contribution < 1.29 is 4.79 Å². The molecule has 2 N–H and O–H groups in total. The van der Waals surface area contributed by atoms with E-state index in [0.29, 0.717) is 0 Å². The number of rotatable bonds is 3. The minimum absolute atomic E-state index is 0.238. The molecule has 1 aromatic heterocycles. The number of hydrogen-bond donors (Lipinski definition) is 1. The summed E-state index contributed by atoms with van der Waals surface area (Å²) in [5, 5.41) is 0. The lowest BCUT2D eigenvalue weighted by atomic mass is 9.99. The maximum Gasteiger partial charge on any atom is 0.224 e. The van der Waals surface area contributed by atoms with Crippen molar-refractivity contribution in [2.45, 2.75) is 12.8 Å². The first kappa shape index (κ1) is 8.23. The van der Waals surface area contributed by atoms with Crippen molar-refractivity contribution in [3.63, 3.8) is 0 Å². The Bertz CT molecular complexity index is 317. The summed E-state index contributed by atoms with van der Waals surface area (Å²) in [5.41, 5.74) is 5.72. The van der Waals surface area contributed by atoms with E-state index in [-0.39, 0.29) is 5.91 Å². The summed E-state index contributed by atoms with van der Waals surface area (Å²) in [4.78, 5) is 15.2. The van der Waals surface area contributed by atoms with Gasteiger partial charge in [-0.2, -0.15) is 0 Å². The number of pyridine rings is 1. The number of nitrogens with two attached hydrogens (primary N) is 1. The van der Waals surface area contributed by atoms with Crippen molar-refractivity contribution in [2.24, 2.45) is 11.1 Å². The zero-order valence-corrected chi connectivity index (χ0v) is 7.23. The molecule has 0 bridgehead atoms. The molecule has 0 saturated heterocycles. The predicted molar refractivity (Wildman–Crippen MR) is 48.5 cm³/mol. The van der Waals surface area contributed by atoms with Crippen LogP contribution in [0, 0.1) is 11.8 Å². The Morgan fingerprint density at radius 1 is 1.54 bits per heavy atom. The fraction of sp³-hybridized carbons (Fsp3) is 0.300. The van der Waals surface area contributed by atoms with Gasteiger partial charge in [0.1, 0.15) is 0 Å². The molecule has 1 heterocycles. The molecule has 1 aliphatic carbocycles. The summed E-state index contributed by atoms with van der Waals surface area (Å²) < 4.78 is 0. The largest absolute Gasteiger partial charge is 0.369 e. The van der Waals surface area contributed by atoms with Crippen LogP contribution in [-0.4, -0.2) is 10.9 Å². The molecule has 0 aromatic carbocycles. The SMILES string of the molecule is NC(=O)C1([CH]c2ccccn2)CC1. The van der Waals surface area contributed by atoms with Crippen LogP contribution in [0.4, 0.5) is 0 Å². The molecule has 1 aromatic rings. The maximum atomic E-state index is 11.1. The molecule has 1 aliphatic rings. The van der Waals surface area contributed by atoms with Crippen molar-refractivity contribution >= 4 is 5.91 Å². The molecule has 3 nitrogen and oxygen atoms in total. The first-order chi connectivity index (χ1) is 6.23. The van der Waals surface area contributed by atoms with Crippen LogP contribution >= 0.6 is 0 Å². The Morgan fingerprint density at radius 2 is 2.31 bits per heavy atom. The Balaban J connectivity index is 2.11. The molecule has 0 aliphatic heterocycles. The van der Waals surface area contributed by atoms with Crippen molar-refractivity contribution in [3.05, 3.63) is 36.5 Å². The van der Waals surface area contributed by atoms with Gasteiger partial charge in [0.2, 0.25) is 5.91 Å². The van der Waals surface area contributed by atoms with Gasteiger partial charge in [0.05, 0.1) is 5.41 Å². The highest BCUT2D eigenvalue weighted by atomic mass is 16.1. The van der Waals surface area contributed by atoms with Crippen LogP contribution in [0.15, 0.2) is 24.4 Å². The molecule has 13 heavy (non-hydrogen) atoms. The molecule has 1 saturated carbocycles. The first-order valence-electron chi connectivity index (χ1n) is 4.30. The normalized spacial score (nSPS) is 18.2. The Kier molecular flexibility index (Phi) is 1.79. The van der Waals surface area contributed by atoms with Gasteiger partial charge in [-0.15, -0.1) is 0 Å². The van der Waals surface area contributed by atoms with E-state index in [1.54, 1.807) is 6.20 Å². The smallest absolute Gasteiger partial charge is 0.224 e. The summed E-state index contributed by atoms with van der Waals surface area (Å²) in [6.07, 6.45) is 5.30. The Morgan fingerprint density at radius 3 is 2.77 bits per heavy atom. The number of nitrogens with zero attached hydrogens (tertiary/aromatic N) is 1. The lowest BCUT2D eigenvalue weighted by Gasteiger charge is -2.08. The van der Waals surface area contributed by atoms with Gasteiger partial charge in [0, 0.05) is 18.3 Å². The van der Waals surface area contributed by atoms with Gasteiger partial charge in [0.25, 0.3) is 0 Å². The van der Waals surface area contributed by atoms with Crippen LogP contribution in [0.1, 0.15) is 18.5 Å². The molecule has 2 rings (SSSR count). The lowest BCUT2D eigenvalue weighted by molar-refractivity contribution is -0.121. The number of carbonyl (C=O) groups excluding carboxylic acids is 1. The van der Waals surface area contributed by atoms with Gasteiger partial charge in [-0.3, -0.25) is 9.78 Å². The molecule has 1 amide bonds. The molecule has 0 unspecified atom stereocenters. The van der Waals surface area contributed by atoms with Gasteiger partial charge in [0.15, 0.2) is 0 Å². The lowest BCUT2D eigenvalue weighted by Crippen LogP contribution is -2.25. The first-order valence-corrected chi connectivity index (χ1v) is 4.30. The van der Waals surface area contributed by atoms with Crippen molar-refractivity contribution in [1.29, 1.82) is 0 Å². The van der Waals surface area contributed by atoms with Crippen LogP contribution in [0.5, 0.6) is 0 Å². The minimum atomic E-state index is -0.394. The molecular weight excluding hydrogens is 164 g/mol. The van der Waals surface area contributed by atoms with Gasteiger partial charge in [-0.05, 0) is 25.0 Å². The molecule has 0 atom stereocenters. The van der Waals surface area contributed by atoms with E-state index in [1.165, 1.54) is 0 Å². The standard InChI is InChI=1S/C10H11N2O/c11-9(13)10(4-5-10)7-8-3-1-2-6-12-8/h1-3,6-7H,4-5H2,(H2,11,13).